The molecule has 0 saturated heterocycles. The molecule has 2 N–H and O–H groups in total. The quantitative estimate of drug-likeness (QED) is 0.825. The second-order valence-electron chi connectivity index (χ2n) is 6.51. The van der Waals surface area contributed by atoms with Crippen molar-refractivity contribution in [2.75, 3.05) is 13.2 Å². The maximum absolute atomic E-state index is 9.08. The van der Waals surface area contributed by atoms with E-state index in [1.807, 2.05) is 0 Å². The molecule has 0 atom stereocenters. The van der Waals surface area contributed by atoms with Gasteiger partial charge < -0.3 is 10.4 Å². The number of aliphatic hydroxyl groups excluding tert-OH is 1. The summed E-state index contributed by atoms with van der Waals surface area (Å²) in [5.41, 5.74) is 2.75. The van der Waals surface area contributed by atoms with Gasteiger partial charge in [0.1, 0.15) is 0 Å². The lowest BCUT2D eigenvalue weighted by Crippen LogP contribution is -2.30. The fraction of sp³-hybridized carbons (Fsp3) is 0.667. The van der Waals surface area contributed by atoms with Crippen molar-refractivity contribution in [3.05, 3.63) is 23.0 Å². The molecule has 0 radical (unpaired) electrons. The number of aliphatic hydroxyl groups is 1. The maximum atomic E-state index is 9.08. The molecule has 4 nitrogen and oxygen atoms in total. The normalized spacial score (nSPS) is 16.1. The van der Waals surface area contributed by atoms with Crippen LogP contribution in [0.5, 0.6) is 0 Å². The van der Waals surface area contributed by atoms with Gasteiger partial charge in [0.15, 0.2) is 4.96 Å². The van der Waals surface area contributed by atoms with E-state index in [2.05, 4.69) is 35.1 Å². The van der Waals surface area contributed by atoms with Crippen LogP contribution in [-0.2, 0) is 6.54 Å². The molecular formula is C15H23N3OS. The summed E-state index contributed by atoms with van der Waals surface area (Å²) in [7, 11) is 0. The van der Waals surface area contributed by atoms with Crippen molar-refractivity contribution in [2.24, 2.45) is 5.41 Å². The Morgan fingerprint density at radius 1 is 1.50 bits per heavy atom. The number of nitrogens with one attached hydrogen (secondary N) is 1. The predicted molar refractivity (Wildman–Crippen MR) is 82.2 cm³/mol. The van der Waals surface area contributed by atoms with Crippen molar-refractivity contribution >= 4 is 16.3 Å². The van der Waals surface area contributed by atoms with Crippen molar-refractivity contribution in [1.82, 2.24) is 14.7 Å². The van der Waals surface area contributed by atoms with E-state index < -0.39 is 0 Å². The lowest BCUT2D eigenvalue weighted by Gasteiger charge is -2.24. The van der Waals surface area contributed by atoms with E-state index in [4.69, 9.17) is 10.1 Å². The molecule has 1 fully saturated rings. The number of hydrogen-bond donors (Lipinski definition) is 2. The first-order valence-corrected chi connectivity index (χ1v) is 8.24. The van der Waals surface area contributed by atoms with Crippen molar-refractivity contribution in [1.29, 1.82) is 0 Å². The molecule has 1 aliphatic rings. The molecule has 0 aliphatic heterocycles. The molecule has 1 saturated carbocycles. The van der Waals surface area contributed by atoms with Crippen LogP contribution in [0.2, 0.25) is 0 Å². The molecule has 1 aliphatic carbocycles. The third-order valence-electron chi connectivity index (χ3n) is 4.04. The fourth-order valence-electron chi connectivity index (χ4n) is 2.62. The zero-order valence-electron chi connectivity index (χ0n) is 12.2. The maximum Gasteiger partial charge on any atom is 0.194 e. The standard InChI is InChI=1S/C15H23N3OS/c1-15(2,5-7-19)10-16-9-12-13(11-3-4-11)17-14-18(12)6-8-20-14/h6,8,11,16,19H,3-5,7,9-10H2,1-2H3. The molecule has 2 aromatic rings. The Hall–Kier alpha value is -0.910. The Labute approximate surface area is 123 Å². The summed E-state index contributed by atoms with van der Waals surface area (Å²) < 4.78 is 2.23. The van der Waals surface area contributed by atoms with E-state index in [1.54, 1.807) is 11.3 Å². The molecule has 0 aromatic carbocycles. The number of imidazole rings is 1. The molecule has 0 bridgehead atoms. The van der Waals surface area contributed by atoms with Gasteiger partial charge in [0, 0.05) is 37.2 Å². The Kier molecular flexibility index (Phi) is 3.84. The van der Waals surface area contributed by atoms with Crippen LogP contribution in [0.4, 0.5) is 0 Å². The van der Waals surface area contributed by atoms with Crippen LogP contribution < -0.4 is 5.32 Å². The van der Waals surface area contributed by atoms with Crippen LogP contribution in [-0.4, -0.2) is 27.6 Å². The minimum Gasteiger partial charge on any atom is -0.396 e. The molecule has 5 heteroatoms. The highest BCUT2D eigenvalue weighted by molar-refractivity contribution is 7.15. The highest BCUT2D eigenvalue weighted by Gasteiger charge is 2.30. The SMILES string of the molecule is CC(C)(CCO)CNCc1c(C2CC2)nc2sccn12. The van der Waals surface area contributed by atoms with E-state index in [1.165, 1.54) is 24.2 Å². The number of hydrogen-bond acceptors (Lipinski definition) is 4. The van der Waals surface area contributed by atoms with Crippen molar-refractivity contribution < 1.29 is 5.11 Å². The molecule has 3 rings (SSSR count). The van der Waals surface area contributed by atoms with Crippen LogP contribution in [0, 0.1) is 5.41 Å². The van der Waals surface area contributed by atoms with Gasteiger partial charge in [-0.05, 0) is 24.7 Å². The van der Waals surface area contributed by atoms with E-state index >= 15 is 0 Å². The molecule has 110 valence electrons. The van der Waals surface area contributed by atoms with Gasteiger partial charge in [-0.25, -0.2) is 4.98 Å². The average Bonchev–Trinajstić information content (AvgIpc) is 3.02. The molecule has 20 heavy (non-hydrogen) atoms. The highest BCUT2D eigenvalue weighted by atomic mass is 32.1. The predicted octanol–water partition coefficient (Wildman–Crippen LogP) is 2.77. The van der Waals surface area contributed by atoms with E-state index in [-0.39, 0.29) is 12.0 Å². The summed E-state index contributed by atoms with van der Waals surface area (Å²) in [6.07, 6.45) is 5.52. The van der Waals surface area contributed by atoms with E-state index in [9.17, 15) is 0 Å². The van der Waals surface area contributed by atoms with Crippen LogP contribution in [0.25, 0.3) is 4.96 Å². The number of fused-ring (bicyclic) bond motifs is 1. The minimum atomic E-state index is 0.132. The molecular weight excluding hydrogens is 270 g/mol. The number of aromatic nitrogens is 2. The highest BCUT2D eigenvalue weighted by Crippen LogP contribution is 2.41. The van der Waals surface area contributed by atoms with Crippen LogP contribution >= 0.6 is 11.3 Å². The van der Waals surface area contributed by atoms with Crippen LogP contribution in [0.15, 0.2) is 11.6 Å². The molecule has 0 spiro atoms. The monoisotopic (exact) mass is 293 g/mol. The van der Waals surface area contributed by atoms with Gasteiger partial charge in [-0.2, -0.15) is 0 Å². The molecule has 2 aromatic heterocycles. The summed E-state index contributed by atoms with van der Waals surface area (Å²) in [6.45, 7) is 6.40. The van der Waals surface area contributed by atoms with Gasteiger partial charge in [-0.15, -0.1) is 11.3 Å². The van der Waals surface area contributed by atoms with Crippen LogP contribution in [0.1, 0.15) is 50.4 Å². The number of thiazole rings is 1. The summed E-state index contributed by atoms with van der Waals surface area (Å²) in [4.78, 5) is 5.90. The summed E-state index contributed by atoms with van der Waals surface area (Å²) >= 11 is 1.71. The Morgan fingerprint density at radius 2 is 2.30 bits per heavy atom. The largest absolute Gasteiger partial charge is 0.396 e. The van der Waals surface area contributed by atoms with Crippen molar-refractivity contribution in [2.45, 2.75) is 45.6 Å². The van der Waals surface area contributed by atoms with Gasteiger partial charge >= 0.3 is 0 Å². The third kappa shape index (κ3) is 2.90. The summed E-state index contributed by atoms with van der Waals surface area (Å²) in [5.74, 6) is 0.685. The third-order valence-corrected chi connectivity index (χ3v) is 4.80. The summed E-state index contributed by atoms with van der Waals surface area (Å²) in [5, 5.41) is 14.7. The second kappa shape index (κ2) is 5.47. The smallest absolute Gasteiger partial charge is 0.194 e. The van der Waals surface area contributed by atoms with Gasteiger partial charge in [0.05, 0.1) is 11.4 Å². The average molecular weight is 293 g/mol. The van der Waals surface area contributed by atoms with Gasteiger partial charge in [0.2, 0.25) is 0 Å². The number of nitrogens with zero attached hydrogens (tertiary/aromatic N) is 2. The summed E-state index contributed by atoms with van der Waals surface area (Å²) in [6, 6.07) is 0. The minimum absolute atomic E-state index is 0.132. The zero-order valence-corrected chi connectivity index (χ0v) is 13.0. The Morgan fingerprint density at radius 3 is 3.00 bits per heavy atom. The lowest BCUT2D eigenvalue weighted by atomic mass is 9.90. The molecule has 0 unspecified atom stereocenters. The van der Waals surface area contributed by atoms with E-state index in [0.717, 1.165) is 24.5 Å². The first kappa shape index (κ1) is 14.0. The van der Waals surface area contributed by atoms with Gasteiger partial charge in [-0.1, -0.05) is 13.8 Å². The topological polar surface area (TPSA) is 49.6 Å². The fourth-order valence-corrected chi connectivity index (χ4v) is 3.36. The van der Waals surface area contributed by atoms with Crippen molar-refractivity contribution in [3.63, 3.8) is 0 Å². The molecule has 2 heterocycles. The Bertz CT molecular complexity index is 583. The Balaban J connectivity index is 1.70. The second-order valence-corrected chi connectivity index (χ2v) is 7.39. The van der Waals surface area contributed by atoms with Gasteiger partial charge in [-0.3, -0.25) is 4.40 Å². The van der Waals surface area contributed by atoms with Crippen LogP contribution in [0.3, 0.4) is 0 Å². The number of rotatable bonds is 7. The zero-order chi connectivity index (χ0) is 14.2. The van der Waals surface area contributed by atoms with Crippen molar-refractivity contribution in [3.8, 4) is 0 Å². The first-order valence-electron chi connectivity index (χ1n) is 7.36. The first-order chi connectivity index (χ1) is 9.61. The molecule has 0 amide bonds. The van der Waals surface area contributed by atoms with E-state index in [0.29, 0.717) is 5.92 Å². The van der Waals surface area contributed by atoms with Gasteiger partial charge in [0.25, 0.3) is 0 Å². The lowest BCUT2D eigenvalue weighted by molar-refractivity contribution is 0.207.